The SMILES string of the molecule is O=C(Nc1cccc(OCC(F)F)n1)c1ccccc1OCc1cscn1. The molecule has 0 spiro atoms. The molecular formula is C18H15F2N3O3S. The third-order valence-corrected chi connectivity index (χ3v) is 3.95. The predicted molar refractivity (Wildman–Crippen MR) is 96.6 cm³/mol. The van der Waals surface area contributed by atoms with E-state index < -0.39 is 18.9 Å². The van der Waals surface area contributed by atoms with Gasteiger partial charge in [0.1, 0.15) is 18.2 Å². The molecule has 3 rings (SSSR count). The maximum atomic E-state index is 12.6. The third-order valence-electron chi connectivity index (χ3n) is 3.31. The number of hydrogen-bond donors (Lipinski definition) is 1. The Kier molecular flexibility index (Phi) is 6.26. The summed E-state index contributed by atoms with van der Waals surface area (Å²) >= 11 is 1.46. The molecule has 140 valence electrons. The van der Waals surface area contributed by atoms with E-state index in [4.69, 9.17) is 9.47 Å². The molecule has 0 aliphatic heterocycles. The molecule has 0 atom stereocenters. The molecule has 2 heterocycles. The lowest BCUT2D eigenvalue weighted by Gasteiger charge is -2.11. The Balaban J connectivity index is 1.68. The van der Waals surface area contributed by atoms with Crippen LogP contribution in [0.2, 0.25) is 0 Å². The van der Waals surface area contributed by atoms with Gasteiger partial charge in [-0.1, -0.05) is 18.2 Å². The Morgan fingerprint density at radius 1 is 1.15 bits per heavy atom. The quantitative estimate of drug-likeness (QED) is 0.628. The fourth-order valence-electron chi connectivity index (χ4n) is 2.14. The standard InChI is InChI=1S/C18H15F2N3O3S/c19-15(20)9-26-17-7-3-6-16(22-17)23-18(24)13-4-1-2-5-14(13)25-8-12-10-27-11-21-12/h1-7,10-11,15H,8-9H2,(H,22,23,24). The van der Waals surface area contributed by atoms with Crippen LogP contribution in [0.1, 0.15) is 16.1 Å². The highest BCUT2D eigenvalue weighted by Crippen LogP contribution is 2.21. The lowest BCUT2D eigenvalue weighted by Crippen LogP contribution is -2.15. The average Bonchev–Trinajstić information content (AvgIpc) is 3.19. The number of hydrogen-bond acceptors (Lipinski definition) is 6. The van der Waals surface area contributed by atoms with Crippen LogP contribution in [0, 0.1) is 0 Å². The molecule has 0 saturated heterocycles. The van der Waals surface area contributed by atoms with Crippen LogP contribution in [0.25, 0.3) is 0 Å². The van der Waals surface area contributed by atoms with Crippen molar-refractivity contribution in [1.82, 2.24) is 9.97 Å². The number of pyridine rings is 1. The first-order chi connectivity index (χ1) is 13.1. The van der Waals surface area contributed by atoms with Crippen molar-refractivity contribution in [3.05, 3.63) is 64.6 Å². The van der Waals surface area contributed by atoms with Gasteiger partial charge in [-0.2, -0.15) is 4.98 Å². The molecule has 0 aliphatic rings. The van der Waals surface area contributed by atoms with Crippen molar-refractivity contribution in [1.29, 1.82) is 0 Å². The lowest BCUT2D eigenvalue weighted by molar-refractivity contribution is 0.0796. The van der Waals surface area contributed by atoms with Gasteiger partial charge in [0.2, 0.25) is 5.88 Å². The van der Waals surface area contributed by atoms with Crippen LogP contribution < -0.4 is 14.8 Å². The fourth-order valence-corrected chi connectivity index (χ4v) is 2.68. The van der Waals surface area contributed by atoms with Crippen LogP contribution in [0.4, 0.5) is 14.6 Å². The zero-order valence-corrected chi connectivity index (χ0v) is 14.8. The van der Waals surface area contributed by atoms with Crippen LogP contribution in [0.15, 0.2) is 53.4 Å². The van der Waals surface area contributed by atoms with Crippen molar-refractivity contribution >= 4 is 23.1 Å². The highest BCUT2D eigenvalue weighted by molar-refractivity contribution is 7.07. The summed E-state index contributed by atoms with van der Waals surface area (Å²) in [6.07, 6.45) is -2.60. The summed E-state index contributed by atoms with van der Waals surface area (Å²) < 4.78 is 35.0. The van der Waals surface area contributed by atoms with E-state index in [9.17, 15) is 13.6 Å². The highest BCUT2D eigenvalue weighted by Gasteiger charge is 2.14. The summed E-state index contributed by atoms with van der Waals surface area (Å²) in [6, 6.07) is 11.3. The number of nitrogens with one attached hydrogen (secondary N) is 1. The minimum absolute atomic E-state index is 0.00108. The van der Waals surface area contributed by atoms with E-state index in [0.717, 1.165) is 5.69 Å². The Morgan fingerprint density at radius 2 is 2.00 bits per heavy atom. The monoisotopic (exact) mass is 391 g/mol. The average molecular weight is 391 g/mol. The topological polar surface area (TPSA) is 73.3 Å². The maximum absolute atomic E-state index is 12.6. The first-order valence-electron chi connectivity index (χ1n) is 7.90. The summed E-state index contributed by atoms with van der Waals surface area (Å²) in [5.41, 5.74) is 2.78. The minimum Gasteiger partial charge on any atom is -0.486 e. The molecule has 0 fully saturated rings. The van der Waals surface area contributed by atoms with Crippen molar-refractivity contribution in [2.75, 3.05) is 11.9 Å². The molecule has 0 aliphatic carbocycles. The van der Waals surface area contributed by atoms with Crippen LogP contribution >= 0.6 is 11.3 Å². The Bertz CT molecular complexity index is 891. The molecule has 0 radical (unpaired) electrons. The fraction of sp³-hybridized carbons (Fsp3) is 0.167. The number of anilines is 1. The molecule has 0 bridgehead atoms. The molecular weight excluding hydrogens is 376 g/mol. The normalized spacial score (nSPS) is 10.6. The van der Waals surface area contributed by atoms with Gasteiger partial charge in [-0.15, -0.1) is 11.3 Å². The van der Waals surface area contributed by atoms with Gasteiger partial charge in [0.05, 0.1) is 16.8 Å². The van der Waals surface area contributed by atoms with Gasteiger partial charge < -0.3 is 14.8 Å². The second kappa shape index (κ2) is 9.04. The van der Waals surface area contributed by atoms with Crippen LogP contribution in [-0.4, -0.2) is 28.9 Å². The van der Waals surface area contributed by atoms with E-state index in [-0.39, 0.29) is 18.3 Å². The molecule has 9 heteroatoms. The second-order valence-corrected chi connectivity index (χ2v) is 6.00. The van der Waals surface area contributed by atoms with Crippen LogP contribution in [-0.2, 0) is 6.61 Å². The van der Waals surface area contributed by atoms with E-state index in [0.29, 0.717) is 11.3 Å². The number of para-hydroxylation sites is 1. The number of benzene rings is 1. The first kappa shape index (κ1) is 18.7. The van der Waals surface area contributed by atoms with Crippen molar-refractivity contribution in [2.45, 2.75) is 13.0 Å². The molecule has 0 unspecified atom stereocenters. The third kappa shape index (κ3) is 5.45. The van der Waals surface area contributed by atoms with E-state index in [1.54, 1.807) is 35.8 Å². The summed E-state index contributed by atoms with van der Waals surface area (Å²) in [4.78, 5) is 20.7. The number of nitrogens with zero attached hydrogens (tertiary/aromatic N) is 2. The number of halogens is 2. The highest BCUT2D eigenvalue weighted by atomic mass is 32.1. The van der Waals surface area contributed by atoms with Gasteiger partial charge in [0.15, 0.2) is 6.61 Å². The second-order valence-electron chi connectivity index (χ2n) is 5.28. The number of thiazole rings is 1. The Hall–Kier alpha value is -3.07. The predicted octanol–water partition coefficient (Wildman–Crippen LogP) is 4.01. The molecule has 2 aromatic heterocycles. The maximum Gasteiger partial charge on any atom is 0.272 e. The lowest BCUT2D eigenvalue weighted by atomic mass is 10.2. The number of alkyl halides is 2. The molecule has 1 amide bonds. The zero-order valence-electron chi connectivity index (χ0n) is 14.0. The Labute approximate surface area is 157 Å². The van der Waals surface area contributed by atoms with Gasteiger partial charge in [0, 0.05) is 11.4 Å². The molecule has 3 aromatic rings. The number of rotatable bonds is 8. The minimum atomic E-state index is -2.60. The summed E-state index contributed by atoms with van der Waals surface area (Å²) in [5.74, 6) is 0.137. The van der Waals surface area contributed by atoms with Gasteiger partial charge in [-0.05, 0) is 18.2 Å². The number of ether oxygens (including phenoxy) is 2. The van der Waals surface area contributed by atoms with Crippen molar-refractivity contribution < 1.29 is 23.0 Å². The summed E-state index contributed by atoms with van der Waals surface area (Å²) in [6.45, 7) is -0.527. The Morgan fingerprint density at radius 3 is 2.78 bits per heavy atom. The molecule has 1 aromatic carbocycles. The number of amides is 1. The molecule has 1 N–H and O–H groups in total. The zero-order chi connectivity index (χ0) is 19.1. The smallest absolute Gasteiger partial charge is 0.272 e. The van der Waals surface area contributed by atoms with Crippen molar-refractivity contribution in [3.63, 3.8) is 0 Å². The molecule has 6 nitrogen and oxygen atoms in total. The van der Waals surface area contributed by atoms with E-state index >= 15 is 0 Å². The van der Waals surface area contributed by atoms with Crippen LogP contribution in [0.5, 0.6) is 11.6 Å². The number of carbonyl (C=O) groups excluding carboxylic acids is 1. The number of carbonyl (C=O) groups is 1. The summed E-state index contributed by atoms with van der Waals surface area (Å²) in [7, 11) is 0. The van der Waals surface area contributed by atoms with Crippen molar-refractivity contribution in [3.8, 4) is 11.6 Å². The molecule has 0 saturated carbocycles. The van der Waals surface area contributed by atoms with Gasteiger partial charge in [0.25, 0.3) is 12.3 Å². The largest absolute Gasteiger partial charge is 0.486 e. The first-order valence-corrected chi connectivity index (χ1v) is 8.84. The van der Waals surface area contributed by atoms with Gasteiger partial charge >= 0.3 is 0 Å². The van der Waals surface area contributed by atoms with E-state index in [1.807, 2.05) is 5.38 Å². The number of aromatic nitrogens is 2. The van der Waals surface area contributed by atoms with Crippen molar-refractivity contribution in [2.24, 2.45) is 0 Å². The molecule has 27 heavy (non-hydrogen) atoms. The van der Waals surface area contributed by atoms with Gasteiger partial charge in [-0.3, -0.25) is 4.79 Å². The van der Waals surface area contributed by atoms with Crippen LogP contribution in [0.3, 0.4) is 0 Å². The van der Waals surface area contributed by atoms with E-state index in [2.05, 4.69) is 15.3 Å². The van der Waals surface area contributed by atoms with E-state index in [1.165, 1.54) is 23.5 Å². The summed E-state index contributed by atoms with van der Waals surface area (Å²) in [5, 5.41) is 4.47. The van der Waals surface area contributed by atoms with Gasteiger partial charge in [-0.25, -0.2) is 13.8 Å².